The van der Waals surface area contributed by atoms with Crippen molar-refractivity contribution >= 4 is 0 Å². The van der Waals surface area contributed by atoms with Gasteiger partial charge in [0.1, 0.15) is 18.5 Å². The molecule has 1 unspecified atom stereocenters. The lowest BCUT2D eigenvalue weighted by Gasteiger charge is -2.15. The number of nitrogens with two attached hydrogens (primary N) is 1. The summed E-state index contributed by atoms with van der Waals surface area (Å²) in [6, 6.07) is 7.08. The Kier molecular flexibility index (Phi) is 6.77. The third-order valence-corrected chi connectivity index (χ3v) is 2.46. The second-order valence-electron chi connectivity index (χ2n) is 4.22. The first-order valence-corrected chi connectivity index (χ1v) is 6.15. The van der Waals surface area contributed by atoms with Gasteiger partial charge in [-0.25, -0.2) is 0 Å². The van der Waals surface area contributed by atoms with Crippen molar-refractivity contribution in [3.63, 3.8) is 0 Å². The van der Waals surface area contributed by atoms with E-state index in [2.05, 4.69) is 0 Å². The normalized spacial score (nSPS) is 13.2. The highest BCUT2D eigenvalue weighted by Gasteiger charge is 2.26. The van der Waals surface area contributed by atoms with Crippen molar-refractivity contribution in [3.05, 3.63) is 29.8 Å². The molecular weight excluding hydrogens is 275 g/mol. The number of aliphatic hydroxyl groups excluding tert-OH is 1. The van der Waals surface area contributed by atoms with Crippen LogP contribution in [0.3, 0.4) is 0 Å². The van der Waals surface area contributed by atoms with Crippen LogP contribution < -0.4 is 10.5 Å². The summed E-state index contributed by atoms with van der Waals surface area (Å²) in [7, 11) is 0. The van der Waals surface area contributed by atoms with Gasteiger partial charge in [0.2, 0.25) is 0 Å². The van der Waals surface area contributed by atoms with E-state index in [4.69, 9.17) is 15.2 Å². The van der Waals surface area contributed by atoms with Gasteiger partial charge >= 0.3 is 6.18 Å². The summed E-state index contributed by atoms with van der Waals surface area (Å²) in [5.41, 5.74) is 6.31. The molecule has 3 N–H and O–H groups in total. The predicted molar refractivity (Wildman–Crippen MR) is 67.3 cm³/mol. The van der Waals surface area contributed by atoms with Crippen LogP contribution in [0.5, 0.6) is 5.75 Å². The third kappa shape index (κ3) is 6.74. The largest absolute Gasteiger partial charge is 0.490 e. The van der Waals surface area contributed by atoms with Crippen molar-refractivity contribution < 1.29 is 27.8 Å². The van der Waals surface area contributed by atoms with Gasteiger partial charge in [-0.05, 0) is 6.07 Å². The summed E-state index contributed by atoms with van der Waals surface area (Å²) in [6.07, 6.45) is -6.27. The monoisotopic (exact) mass is 293 g/mol. The van der Waals surface area contributed by atoms with Gasteiger partial charge in [-0.15, -0.1) is 0 Å². The highest BCUT2D eigenvalue weighted by molar-refractivity contribution is 5.32. The minimum atomic E-state index is -4.25. The van der Waals surface area contributed by atoms with E-state index < -0.39 is 25.3 Å². The van der Waals surface area contributed by atoms with E-state index >= 15 is 0 Å². The van der Waals surface area contributed by atoms with E-state index in [1.807, 2.05) is 6.07 Å². The molecule has 0 aliphatic rings. The van der Waals surface area contributed by atoms with Gasteiger partial charge in [-0.2, -0.15) is 13.2 Å². The molecule has 0 radical (unpaired) electrons. The summed E-state index contributed by atoms with van der Waals surface area (Å²) in [5.74, 6) is 0.546. The van der Waals surface area contributed by atoms with E-state index in [0.29, 0.717) is 12.3 Å². The van der Waals surface area contributed by atoms with Crippen LogP contribution in [0, 0.1) is 0 Å². The Bertz CT molecular complexity index is 399. The number of rotatable bonds is 8. The molecule has 0 bridgehead atoms. The van der Waals surface area contributed by atoms with Crippen LogP contribution >= 0.6 is 0 Å². The molecule has 1 rings (SSSR count). The Morgan fingerprint density at radius 2 is 1.90 bits per heavy atom. The molecule has 0 amide bonds. The van der Waals surface area contributed by atoms with Crippen molar-refractivity contribution in [2.24, 2.45) is 5.73 Å². The number of ether oxygens (including phenoxy) is 2. The van der Waals surface area contributed by atoms with Crippen molar-refractivity contribution in [2.75, 3.05) is 19.8 Å². The van der Waals surface area contributed by atoms with Crippen LogP contribution in [0.2, 0.25) is 0 Å². The molecule has 0 aliphatic carbocycles. The van der Waals surface area contributed by atoms with E-state index in [1.165, 1.54) is 0 Å². The molecule has 114 valence electrons. The smallest absolute Gasteiger partial charge is 0.391 e. The predicted octanol–water partition coefficient (Wildman–Crippen LogP) is 1.85. The molecule has 1 atom stereocenters. The average Bonchev–Trinajstić information content (AvgIpc) is 2.40. The van der Waals surface area contributed by atoms with E-state index in [-0.39, 0.29) is 13.2 Å². The van der Waals surface area contributed by atoms with E-state index in [9.17, 15) is 18.3 Å². The molecule has 0 saturated carbocycles. The molecule has 0 fully saturated rings. The molecule has 4 nitrogen and oxygen atoms in total. The Hall–Kier alpha value is -1.31. The first kappa shape index (κ1) is 16.7. The number of aliphatic hydroxyl groups is 1. The number of alkyl halides is 3. The molecule has 0 saturated heterocycles. The van der Waals surface area contributed by atoms with Crippen LogP contribution in [0.25, 0.3) is 0 Å². The minimum absolute atomic E-state index is 0.0664. The first-order chi connectivity index (χ1) is 9.42. The van der Waals surface area contributed by atoms with Gasteiger partial charge in [0.25, 0.3) is 0 Å². The molecular formula is C13H18F3NO3. The van der Waals surface area contributed by atoms with Crippen LogP contribution in [-0.4, -0.2) is 37.2 Å². The highest BCUT2D eigenvalue weighted by Crippen LogP contribution is 2.19. The minimum Gasteiger partial charge on any atom is -0.490 e. The molecule has 1 aromatic rings. The number of hydrogen-bond donors (Lipinski definition) is 2. The van der Waals surface area contributed by atoms with Crippen LogP contribution in [0.4, 0.5) is 13.2 Å². The second kappa shape index (κ2) is 8.08. The van der Waals surface area contributed by atoms with Crippen molar-refractivity contribution in [3.8, 4) is 5.75 Å². The molecule has 20 heavy (non-hydrogen) atoms. The zero-order valence-corrected chi connectivity index (χ0v) is 10.9. The van der Waals surface area contributed by atoms with Gasteiger partial charge in [-0.3, -0.25) is 0 Å². The maximum atomic E-state index is 11.9. The maximum absolute atomic E-state index is 11.9. The Morgan fingerprint density at radius 3 is 2.55 bits per heavy atom. The maximum Gasteiger partial charge on any atom is 0.391 e. The second-order valence-corrected chi connectivity index (χ2v) is 4.22. The van der Waals surface area contributed by atoms with Crippen LogP contribution in [0.1, 0.15) is 12.0 Å². The summed E-state index contributed by atoms with van der Waals surface area (Å²) in [4.78, 5) is 0. The zero-order chi connectivity index (χ0) is 15.0. The summed E-state index contributed by atoms with van der Waals surface area (Å²) >= 11 is 0. The van der Waals surface area contributed by atoms with Crippen LogP contribution in [0.15, 0.2) is 24.3 Å². The van der Waals surface area contributed by atoms with Crippen molar-refractivity contribution in [1.82, 2.24) is 0 Å². The fourth-order valence-electron chi connectivity index (χ4n) is 1.45. The van der Waals surface area contributed by atoms with Gasteiger partial charge in [0.15, 0.2) is 0 Å². The van der Waals surface area contributed by atoms with E-state index in [0.717, 1.165) is 5.56 Å². The number of benzene rings is 1. The Labute approximate surface area is 115 Å². The molecule has 0 aromatic heterocycles. The molecule has 0 spiro atoms. The lowest BCUT2D eigenvalue weighted by molar-refractivity contribution is -0.147. The van der Waals surface area contributed by atoms with E-state index in [1.54, 1.807) is 18.2 Å². The number of para-hydroxylation sites is 1. The van der Waals surface area contributed by atoms with Gasteiger partial charge in [0, 0.05) is 12.1 Å². The lowest BCUT2D eigenvalue weighted by Crippen LogP contribution is -2.25. The molecule has 7 heteroatoms. The fraction of sp³-hybridized carbons (Fsp3) is 0.538. The zero-order valence-electron chi connectivity index (χ0n) is 10.9. The molecule has 0 heterocycles. The van der Waals surface area contributed by atoms with Crippen molar-refractivity contribution in [2.45, 2.75) is 25.2 Å². The van der Waals surface area contributed by atoms with Gasteiger partial charge in [-0.1, -0.05) is 18.2 Å². The van der Waals surface area contributed by atoms with Crippen molar-refractivity contribution in [1.29, 1.82) is 0 Å². The highest BCUT2D eigenvalue weighted by atomic mass is 19.4. The average molecular weight is 293 g/mol. The number of hydrogen-bond acceptors (Lipinski definition) is 4. The molecule has 0 aliphatic heterocycles. The SMILES string of the molecule is NCc1ccccc1OCC(O)COCCC(F)(F)F. The molecule has 1 aromatic carbocycles. The van der Waals surface area contributed by atoms with Gasteiger partial charge in [0.05, 0.1) is 19.6 Å². The summed E-state index contributed by atoms with van der Waals surface area (Å²) in [5, 5.41) is 9.54. The quantitative estimate of drug-likeness (QED) is 0.718. The lowest BCUT2D eigenvalue weighted by atomic mass is 10.2. The first-order valence-electron chi connectivity index (χ1n) is 6.15. The Morgan fingerprint density at radius 1 is 1.20 bits per heavy atom. The van der Waals surface area contributed by atoms with Gasteiger partial charge < -0.3 is 20.3 Å². The van der Waals surface area contributed by atoms with Crippen LogP contribution in [-0.2, 0) is 11.3 Å². The summed E-state index contributed by atoms with van der Waals surface area (Å²) in [6.45, 7) is -0.446. The Balaban J connectivity index is 2.24. The third-order valence-electron chi connectivity index (χ3n) is 2.46. The number of halogens is 3. The topological polar surface area (TPSA) is 64.7 Å². The fourth-order valence-corrected chi connectivity index (χ4v) is 1.45. The standard InChI is InChI=1S/C13H18F3NO3/c14-13(15,16)5-6-19-8-11(18)9-20-12-4-2-1-3-10(12)7-17/h1-4,11,18H,5-9,17H2. The summed E-state index contributed by atoms with van der Waals surface area (Å²) < 4.78 is 45.7.